The molecule has 0 radical (unpaired) electrons. The number of fused-ring (bicyclic) bond motifs is 7. The van der Waals surface area contributed by atoms with Gasteiger partial charge in [-0.05, 0) is 83.1 Å². The molecule has 0 amide bonds. The van der Waals surface area contributed by atoms with Crippen LogP contribution in [0.1, 0.15) is 0 Å². The standard InChI is InChI=1S/C42H24BN3O/c1-3-11-25(12-4-1)44-31-16-9-17-32-39(31)43-40-33(44)18-10-19-34(40)46-36-24-38-30(27-15-7-8-20-37(27)47-38)23-29(36)28-21-22-35(41(43)42(28)46)45(32)26-13-5-2-6-14-26/h1-24H. The molecule has 47 heavy (non-hydrogen) atoms. The highest BCUT2D eigenvalue weighted by atomic mass is 16.3. The van der Waals surface area contributed by atoms with E-state index in [9.17, 15) is 0 Å². The maximum Gasteiger partial charge on any atom is 0.257 e. The summed E-state index contributed by atoms with van der Waals surface area (Å²) in [6.45, 7) is 0.103. The largest absolute Gasteiger partial charge is 0.456 e. The van der Waals surface area contributed by atoms with E-state index in [1.54, 1.807) is 0 Å². The lowest BCUT2D eigenvalue weighted by atomic mass is 9.32. The number of para-hydroxylation sites is 3. The van der Waals surface area contributed by atoms with E-state index >= 15 is 0 Å². The Morgan fingerprint density at radius 2 is 1.00 bits per heavy atom. The van der Waals surface area contributed by atoms with E-state index < -0.39 is 0 Å². The Hall–Kier alpha value is -6.20. The van der Waals surface area contributed by atoms with Crippen LogP contribution in [0.25, 0.3) is 49.4 Å². The Balaban J connectivity index is 1.29. The third kappa shape index (κ3) is 2.83. The molecule has 0 unspecified atom stereocenters. The first-order chi connectivity index (χ1) is 23.3. The van der Waals surface area contributed by atoms with E-state index in [-0.39, 0.29) is 6.71 Å². The smallest absolute Gasteiger partial charge is 0.257 e. The van der Waals surface area contributed by atoms with Crippen LogP contribution in [-0.4, -0.2) is 11.3 Å². The maximum atomic E-state index is 6.47. The van der Waals surface area contributed by atoms with Crippen LogP contribution in [0.3, 0.4) is 0 Å². The number of hydrogen-bond donors (Lipinski definition) is 0. The summed E-state index contributed by atoms with van der Waals surface area (Å²) in [7, 11) is 0. The average Bonchev–Trinajstić information content (AvgIpc) is 3.66. The number of furan rings is 1. The van der Waals surface area contributed by atoms with E-state index in [0.717, 1.165) is 33.3 Å². The number of rotatable bonds is 2. The molecule has 9 aromatic rings. The van der Waals surface area contributed by atoms with Gasteiger partial charge in [-0.25, -0.2) is 0 Å². The predicted molar refractivity (Wildman–Crippen MR) is 196 cm³/mol. The fraction of sp³-hybridized carbons (Fsp3) is 0. The van der Waals surface area contributed by atoms with Gasteiger partial charge in [-0.15, -0.1) is 0 Å². The Bertz CT molecular complexity index is 2800. The van der Waals surface area contributed by atoms with Crippen molar-refractivity contribution in [1.29, 1.82) is 0 Å². The predicted octanol–water partition coefficient (Wildman–Crippen LogP) is 9.08. The zero-order valence-corrected chi connectivity index (χ0v) is 25.2. The first kappa shape index (κ1) is 24.1. The van der Waals surface area contributed by atoms with Gasteiger partial charge >= 0.3 is 0 Å². The molecule has 3 aliphatic rings. The van der Waals surface area contributed by atoms with Gasteiger partial charge in [-0.1, -0.05) is 72.8 Å². The highest BCUT2D eigenvalue weighted by molar-refractivity contribution is 7.02. The van der Waals surface area contributed by atoms with E-state index in [0.29, 0.717) is 0 Å². The summed E-state index contributed by atoms with van der Waals surface area (Å²) in [5.41, 5.74) is 16.9. The van der Waals surface area contributed by atoms with E-state index in [2.05, 4.69) is 154 Å². The van der Waals surface area contributed by atoms with Gasteiger partial charge in [0.2, 0.25) is 0 Å². The van der Waals surface area contributed by atoms with Crippen LogP contribution in [0.2, 0.25) is 0 Å². The molecule has 0 bridgehead atoms. The van der Waals surface area contributed by atoms with Crippen molar-refractivity contribution in [3.05, 3.63) is 146 Å². The van der Waals surface area contributed by atoms with E-state index in [1.165, 1.54) is 66.6 Å². The van der Waals surface area contributed by atoms with Crippen molar-refractivity contribution in [2.45, 2.75) is 0 Å². The van der Waals surface area contributed by atoms with Crippen LogP contribution in [0.4, 0.5) is 34.1 Å². The molecular weight excluding hydrogens is 573 g/mol. The molecule has 0 saturated carbocycles. The number of nitrogens with zero attached hydrogens (tertiary/aromatic N) is 3. The van der Waals surface area contributed by atoms with Gasteiger partial charge in [0.15, 0.2) is 0 Å². The third-order valence-corrected chi connectivity index (χ3v) is 10.7. The van der Waals surface area contributed by atoms with Crippen molar-refractivity contribution in [3.8, 4) is 5.69 Å². The number of anilines is 6. The lowest BCUT2D eigenvalue weighted by Crippen LogP contribution is -2.64. The van der Waals surface area contributed by atoms with Crippen molar-refractivity contribution < 1.29 is 4.42 Å². The maximum absolute atomic E-state index is 6.47. The van der Waals surface area contributed by atoms with Gasteiger partial charge in [-0.3, -0.25) is 0 Å². The summed E-state index contributed by atoms with van der Waals surface area (Å²) in [5, 5.41) is 4.85. The van der Waals surface area contributed by atoms with Crippen LogP contribution in [0.5, 0.6) is 0 Å². The average molecular weight is 597 g/mol. The molecule has 4 nitrogen and oxygen atoms in total. The second kappa shape index (κ2) is 8.33. The van der Waals surface area contributed by atoms with E-state index in [1.807, 2.05) is 6.07 Å². The molecule has 7 aromatic carbocycles. The lowest BCUT2D eigenvalue weighted by Gasteiger charge is -2.46. The summed E-state index contributed by atoms with van der Waals surface area (Å²) in [6.07, 6.45) is 0. The van der Waals surface area contributed by atoms with Crippen LogP contribution in [0, 0.1) is 0 Å². The quantitative estimate of drug-likeness (QED) is 0.186. The second-order valence-electron chi connectivity index (χ2n) is 12.9. The Morgan fingerprint density at radius 1 is 0.404 bits per heavy atom. The molecule has 216 valence electrons. The van der Waals surface area contributed by atoms with Crippen molar-refractivity contribution in [1.82, 2.24) is 4.57 Å². The van der Waals surface area contributed by atoms with Crippen molar-refractivity contribution in [2.75, 3.05) is 9.80 Å². The summed E-state index contributed by atoms with van der Waals surface area (Å²) < 4.78 is 8.99. The molecule has 0 spiro atoms. The third-order valence-electron chi connectivity index (χ3n) is 10.7. The Labute approximate surface area is 270 Å². The number of hydrogen-bond acceptors (Lipinski definition) is 3. The van der Waals surface area contributed by atoms with Gasteiger partial charge in [0.1, 0.15) is 11.2 Å². The minimum Gasteiger partial charge on any atom is -0.456 e. The zero-order chi connectivity index (χ0) is 30.4. The summed E-state index contributed by atoms with van der Waals surface area (Å²) in [6, 6.07) is 53.0. The molecule has 0 fully saturated rings. The minimum atomic E-state index is 0.103. The molecule has 5 heteroatoms. The van der Waals surface area contributed by atoms with Crippen molar-refractivity contribution in [2.24, 2.45) is 0 Å². The zero-order valence-electron chi connectivity index (χ0n) is 25.2. The Morgan fingerprint density at radius 3 is 1.70 bits per heavy atom. The van der Waals surface area contributed by atoms with Gasteiger partial charge < -0.3 is 18.8 Å². The van der Waals surface area contributed by atoms with Crippen LogP contribution in [-0.2, 0) is 0 Å². The fourth-order valence-electron chi connectivity index (χ4n) is 8.92. The Kier molecular flexibility index (Phi) is 4.27. The first-order valence-corrected chi connectivity index (χ1v) is 16.2. The first-order valence-electron chi connectivity index (χ1n) is 16.2. The normalized spacial score (nSPS) is 13.8. The van der Waals surface area contributed by atoms with Gasteiger partial charge in [-0.2, -0.15) is 0 Å². The molecule has 0 aliphatic carbocycles. The second-order valence-corrected chi connectivity index (χ2v) is 12.9. The molecular formula is C42H24BN3O. The lowest BCUT2D eigenvalue weighted by molar-refractivity contribution is 0.669. The van der Waals surface area contributed by atoms with Crippen molar-refractivity contribution >= 4 is 101 Å². The summed E-state index contributed by atoms with van der Waals surface area (Å²) in [5.74, 6) is 0. The molecule has 2 aromatic heterocycles. The molecule has 0 atom stereocenters. The highest BCUT2D eigenvalue weighted by Crippen LogP contribution is 2.48. The van der Waals surface area contributed by atoms with Crippen molar-refractivity contribution in [3.63, 3.8) is 0 Å². The minimum absolute atomic E-state index is 0.103. The molecule has 12 rings (SSSR count). The fourth-order valence-corrected chi connectivity index (χ4v) is 8.92. The molecule has 5 heterocycles. The molecule has 0 N–H and O–H groups in total. The van der Waals surface area contributed by atoms with Crippen LogP contribution >= 0.6 is 0 Å². The topological polar surface area (TPSA) is 24.6 Å². The van der Waals surface area contributed by atoms with Gasteiger partial charge in [0, 0.05) is 67.4 Å². The van der Waals surface area contributed by atoms with Crippen LogP contribution in [0.15, 0.2) is 150 Å². The molecule has 0 saturated heterocycles. The summed E-state index contributed by atoms with van der Waals surface area (Å²) >= 11 is 0. The van der Waals surface area contributed by atoms with Crippen LogP contribution < -0.4 is 26.2 Å². The molecule has 3 aliphatic heterocycles. The number of aromatic nitrogens is 1. The van der Waals surface area contributed by atoms with E-state index in [4.69, 9.17) is 4.42 Å². The van der Waals surface area contributed by atoms with Gasteiger partial charge in [0.25, 0.3) is 6.71 Å². The van der Waals surface area contributed by atoms with Gasteiger partial charge in [0.05, 0.1) is 11.0 Å². The highest BCUT2D eigenvalue weighted by Gasteiger charge is 2.48. The summed E-state index contributed by atoms with van der Waals surface area (Å²) in [4.78, 5) is 4.95. The number of benzene rings is 7. The SMILES string of the molecule is c1ccc(N2c3cccc4c3B3c5c2cccc5-n2c5cc6oc7ccccc7c6cc5c5ccc(c3c52)N4c2ccccc2)cc1. The monoisotopic (exact) mass is 597 g/mol.